The number of likely N-dealkylation sites (tertiary alicyclic amines) is 1. The van der Waals surface area contributed by atoms with Crippen LogP contribution in [0, 0.1) is 22.7 Å². The van der Waals surface area contributed by atoms with E-state index >= 15 is 0 Å². The van der Waals surface area contributed by atoms with E-state index in [9.17, 15) is 14.9 Å². The second-order valence-electron chi connectivity index (χ2n) is 7.36. The molecule has 1 aromatic heterocycles. The van der Waals surface area contributed by atoms with Gasteiger partial charge in [-0.2, -0.15) is 10.5 Å². The molecule has 0 saturated carbocycles. The summed E-state index contributed by atoms with van der Waals surface area (Å²) in [6, 6.07) is 11.1. The van der Waals surface area contributed by atoms with Crippen molar-refractivity contribution in [2.45, 2.75) is 26.3 Å². The lowest BCUT2D eigenvalue weighted by Gasteiger charge is -2.15. The van der Waals surface area contributed by atoms with Crippen LogP contribution in [0.3, 0.4) is 0 Å². The highest BCUT2D eigenvalue weighted by molar-refractivity contribution is 7.07. The van der Waals surface area contributed by atoms with Gasteiger partial charge in [-0.05, 0) is 45.0 Å². The maximum Gasteiger partial charge on any atom is 0.270 e. The number of amides is 1. The Bertz CT molecular complexity index is 1240. The molecule has 2 N–H and O–H groups in total. The van der Waals surface area contributed by atoms with Crippen molar-refractivity contribution in [1.82, 2.24) is 14.8 Å². The Morgan fingerprint density at radius 2 is 2.09 bits per heavy atom. The van der Waals surface area contributed by atoms with Gasteiger partial charge in [0.2, 0.25) is 0 Å². The molecule has 0 aliphatic carbocycles. The fourth-order valence-electron chi connectivity index (χ4n) is 3.52. The Hall–Kier alpha value is -3.60. The zero-order chi connectivity index (χ0) is 23.6. The molecule has 3 rings (SSSR count). The second-order valence-corrected chi connectivity index (χ2v) is 8.39. The van der Waals surface area contributed by atoms with Crippen LogP contribution in [0.5, 0.6) is 5.75 Å². The molecule has 10 heteroatoms. The van der Waals surface area contributed by atoms with Gasteiger partial charge in [0.05, 0.1) is 6.07 Å². The van der Waals surface area contributed by atoms with Gasteiger partial charge >= 0.3 is 0 Å². The van der Waals surface area contributed by atoms with E-state index in [1.165, 1.54) is 17.4 Å². The number of nitriles is 2. The van der Waals surface area contributed by atoms with Crippen LogP contribution in [-0.4, -0.2) is 48.2 Å². The van der Waals surface area contributed by atoms with E-state index in [0.29, 0.717) is 17.7 Å². The van der Waals surface area contributed by atoms with Gasteiger partial charge < -0.3 is 15.4 Å². The fourth-order valence-corrected chi connectivity index (χ4v) is 4.61. The minimum atomic E-state index is -0.680. The van der Waals surface area contributed by atoms with Crippen molar-refractivity contribution < 1.29 is 9.53 Å². The maximum absolute atomic E-state index is 12.8. The van der Waals surface area contributed by atoms with E-state index in [1.807, 2.05) is 30.3 Å². The number of benzene rings is 1. The highest BCUT2D eigenvalue weighted by Crippen LogP contribution is 2.17. The molecule has 1 fully saturated rings. The van der Waals surface area contributed by atoms with Gasteiger partial charge in [0, 0.05) is 31.0 Å². The lowest BCUT2D eigenvalue weighted by atomic mass is 10.3. The monoisotopic (exact) mass is 466 g/mol. The molecule has 1 aliphatic heterocycles. The Kier molecular flexibility index (Phi) is 8.64. The molecule has 1 aromatic carbocycles. The average Bonchev–Trinajstić information content (AvgIpc) is 3.45. The van der Waals surface area contributed by atoms with E-state index in [-0.39, 0.29) is 22.3 Å². The van der Waals surface area contributed by atoms with Gasteiger partial charge in [-0.3, -0.25) is 19.1 Å². The normalized spacial score (nSPS) is 14.9. The fraction of sp³-hybridized carbons (Fsp3) is 0.391. The highest BCUT2D eigenvalue weighted by Gasteiger charge is 2.15. The first-order valence-corrected chi connectivity index (χ1v) is 11.6. The molecule has 0 spiro atoms. The van der Waals surface area contributed by atoms with Crippen LogP contribution in [0.4, 0.5) is 5.69 Å². The van der Waals surface area contributed by atoms with Gasteiger partial charge in [0.15, 0.2) is 5.57 Å². The van der Waals surface area contributed by atoms with Crippen molar-refractivity contribution in [3.63, 3.8) is 0 Å². The lowest BCUT2D eigenvalue weighted by Crippen LogP contribution is -2.34. The number of carbonyl (C=O) groups is 1. The number of nitrogens with zero attached hydrogens (tertiary/aromatic N) is 4. The number of ether oxygens (including phenoxy) is 1. The van der Waals surface area contributed by atoms with Crippen molar-refractivity contribution in [2.75, 3.05) is 38.1 Å². The predicted molar refractivity (Wildman–Crippen MR) is 127 cm³/mol. The summed E-state index contributed by atoms with van der Waals surface area (Å²) in [6.07, 6.45) is 4.06. The quantitative estimate of drug-likeness (QED) is 0.518. The molecule has 0 atom stereocenters. The third-order valence-corrected chi connectivity index (χ3v) is 6.31. The van der Waals surface area contributed by atoms with E-state index < -0.39 is 5.91 Å². The minimum absolute atomic E-state index is 0.192. The van der Waals surface area contributed by atoms with E-state index in [1.54, 1.807) is 19.2 Å². The first-order valence-electron chi connectivity index (χ1n) is 10.8. The number of aromatic nitrogens is 1. The molecule has 1 aliphatic rings. The molecule has 0 bridgehead atoms. The second kappa shape index (κ2) is 11.9. The third-order valence-electron chi connectivity index (χ3n) is 5.18. The van der Waals surface area contributed by atoms with E-state index in [4.69, 9.17) is 10.00 Å². The zero-order valence-electron chi connectivity index (χ0n) is 18.5. The Morgan fingerprint density at radius 3 is 2.79 bits per heavy atom. The topological polar surface area (TPSA) is 123 Å². The van der Waals surface area contributed by atoms with Crippen molar-refractivity contribution in [2.24, 2.45) is 0 Å². The molecule has 33 heavy (non-hydrogen) atoms. The summed E-state index contributed by atoms with van der Waals surface area (Å²) in [4.78, 5) is 27.4. The molecule has 1 amide bonds. The van der Waals surface area contributed by atoms with Crippen LogP contribution < -0.4 is 30.1 Å². The van der Waals surface area contributed by atoms with Crippen LogP contribution in [0.15, 0.2) is 29.1 Å². The summed E-state index contributed by atoms with van der Waals surface area (Å²) in [5, 5.41) is 23.6. The lowest BCUT2D eigenvalue weighted by molar-refractivity contribution is -0.115. The number of nitrogens with one attached hydrogen (secondary N) is 2. The first kappa shape index (κ1) is 24.1. The largest absolute Gasteiger partial charge is 0.492 e. The van der Waals surface area contributed by atoms with Crippen molar-refractivity contribution >= 4 is 34.7 Å². The summed E-state index contributed by atoms with van der Waals surface area (Å²) in [5.74, 6) is 0.0560. The van der Waals surface area contributed by atoms with Crippen LogP contribution >= 0.6 is 11.3 Å². The molecule has 0 radical (unpaired) electrons. The minimum Gasteiger partial charge on any atom is -0.492 e. The predicted octanol–water partition coefficient (Wildman–Crippen LogP) is 0.568. The molecule has 172 valence electrons. The van der Waals surface area contributed by atoms with Crippen LogP contribution in [-0.2, 0) is 11.3 Å². The van der Waals surface area contributed by atoms with Crippen molar-refractivity contribution in [1.29, 1.82) is 10.5 Å². The van der Waals surface area contributed by atoms with Crippen molar-refractivity contribution in [3.05, 3.63) is 43.8 Å². The van der Waals surface area contributed by atoms with Gasteiger partial charge in [-0.1, -0.05) is 6.07 Å². The molecule has 2 aromatic rings. The van der Waals surface area contributed by atoms with Gasteiger partial charge in [0.25, 0.3) is 11.5 Å². The Morgan fingerprint density at radius 1 is 1.30 bits per heavy atom. The SMILES string of the molecule is CCn1c(=C(C#N)C(=O)NCC#N)sc(=CNc2cccc(OCCN3CCCC3)c2)c1=O. The van der Waals surface area contributed by atoms with Crippen LogP contribution in [0.1, 0.15) is 19.8 Å². The Labute approximate surface area is 195 Å². The molecular weight excluding hydrogens is 440 g/mol. The summed E-state index contributed by atoms with van der Waals surface area (Å²) in [7, 11) is 0. The maximum atomic E-state index is 12.8. The van der Waals surface area contributed by atoms with Crippen LogP contribution in [0.2, 0.25) is 0 Å². The number of carbonyl (C=O) groups excluding carboxylic acids is 1. The van der Waals surface area contributed by atoms with E-state index in [2.05, 4.69) is 15.5 Å². The summed E-state index contributed by atoms with van der Waals surface area (Å²) < 4.78 is 7.85. The highest BCUT2D eigenvalue weighted by atomic mass is 32.1. The van der Waals surface area contributed by atoms with Gasteiger partial charge in [-0.25, -0.2) is 0 Å². The average molecular weight is 467 g/mol. The molecule has 0 unspecified atom stereocenters. The third kappa shape index (κ3) is 6.22. The smallest absolute Gasteiger partial charge is 0.270 e. The number of thiazole rings is 1. The number of rotatable bonds is 9. The molecule has 1 saturated heterocycles. The van der Waals surface area contributed by atoms with Crippen molar-refractivity contribution in [3.8, 4) is 17.9 Å². The summed E-state index contributed by atoms with van der Waals surface area (Å²) >= 11 is 1.05. The van der Waals surface area contributed by atoms with Crippen LogP contribution in [0.25, 0.3) is 11.8 Å². The molecule has 9 nitrogen and oxygen atoms in total. The summed E-state index contributed by atoms with van der Waals surface area (Å²) in [5.41, 5.74) is 0.258. The van der Waals surface area contributed by atoms with Gasteiger partial charge in [0.1, 0.15) is 34.2 Å². The van der Waals surface area contributed by atoms with Gasteiger partial charge in [-0.15, -0.1) is 11.3 Å². The standard InChI is InChI=1S/C23H26N6O3S/c1-2-29-22(31)20(33-23(29)19(15-25)21(30)26-9-8-24)16-27-17-6-5-7-18(14-17)32-13-12-28-10-3-4-11-28/h5-7,14,16,27H,2-4,9-13H2,1H3,(H,26,30). The Balaban J connectivity index is 1.79. The number of hydrogen-bond acceptors (Lipinski definition) is 8. The zero-order valence-corrected chi connectivity index (χ0v) is 19.3. The number of hydrogen-bond donors (Lipinski definition) is 2. The molecular formula is C23H26N6O3S. The molecule has 2 heterocycles. The first-order chi connectivity index (χ1) is 16.1. The van der Waals surface area contributed by atoms with E-state index in [0.717, 1.165) is 42.4 Å². The number of anilines is 1. The summed E-state index contributed by atoms with van der Waals surface area (Å²) in [6.45, 7) is 5.62.